The molecule has 124 valence electrons. The maximum absolute atomic E-state index is 11.2. The zero-order valence-electron chi connectivity index (χ0n) is 13.2. The Labute approximate surface area is 131 Å². The van der Waals surface area contributed by atoms with Crippen LogP contribution in [0.25, 0.3) is 0 Å². The molecule has 0 radical (unpaired) electrons. The Balaban J connectivity index is 1.47. The van der Waals surface area contributed by atoms with E-state index in [9.17, 15) is 8.42 Å². The fraction of sp³-hybridized carbons (Fsp3) is 0.857. The lowest BCUT2D eigenvalue weighted by Crippen LogP contribution is -2.35. The average Bonchev–Trinajstić information content (AvgIpc) is 3.00. The van der Waals surface area contributed by atoms with Gasteiger partial charge >= 0.3 is 0 Å². The summed E-state index contributed by atoms with van der Waals surface area (Å²) in [5.74, 6) is 2.26. The highest BCUT2D eigenvalue weighted by atomic mass is 32.2. The lowest BCUT2D eigenvalue weighted by atomic mass is 10.2. The molecule has 1 aliphatic heterocycles. The van der Waals surface area contributed by atoms with E-state index in [0.29, 0.717) is 25.0 Å². The molecule has 0 aromatic carbocycles. The van der Waals surface area contributed by atoms with E-state index in [1.807, 2.05) is 0 Å². The van der Waals surface area contributed by atoms with Crippen LogP contribution in [0.4, 0.5) is 0 Å². The third-order valence-electron chi connectivity index (χ3n) is 4.45. The van der Waals surface area contributed by atoms with Gasteiger partial charge in [-0.25, -0.2) is 8.42 Å². The lowest BCUT2D eigenvalue weighted by molar-refractivity contribution is 0.220. The van der Waals surface area contributed by atoms with E-state index >= 15 is 0 Å². The van der Waals surface area contributed by atoms with Crippen molar-refractivity contribution < 1.29 is 12.9 Å². The van der Waals surface area contributed by atoms with Crippen LogP contribution < -0.4 is 0 Å². The van der Waals surface area contributed by atoms with Crippen LogP contribution in [0.15, 0.2) is 4.52 Å². The number of hydrogen-bond donors (Lipinski definition) is 0. The molecule has 0 amide bonds. The van der Waals surface area contributed by atoms with E-state index < -0.39 is 9.84 Å². The summed E-state index contributed by atoms with van der Waals surface area (Å²) >= 11 is 0. The summed E-state index contributed by atoms with van der Waals surface area (Å²) in [6, 6.07) is 0.419. The van der Waals surface area contributed by atoms with Gasteiger partial charge in [0.15, 0.2) is 5.82 Å². The number of hydrogen-bond acceptors (Lipinski definition) is 7. The number of sulfone groups is 1. The monoisotopic (exact) mass is 328 g/mol. The van der Waals surface area contributed by atoms with E-state index in [-0.39, 0.29) is 5.75 Å². The molecule has 0 spiro atoms. The van der Waals surface area contributed by atoms with Crippen LogP contribution in [0, 0.1) is 0 Å². The first-order valence-corrected chi connectivity index (χ1v) is 9.89. The van der Waals surface area contributed by atoms with E-state index in [1.165, 1.54) is 6.26 Å². The number of likely N-dealkylation sites (tertiary alicyclic amines) is 1. The standard InChI is InChI=1S/C14H24N4O3S/c1-17(10-13-15-14(21-16-13)11-3-4-11)12-5-6-18(9-12)7-8-22(2,19)20/h11-12H,3-10H2,1-2H3/t12-/m0/s1. The van der Waals surface area contributed by atoms with Crippen molar-refractivity contribution in [2.24, 2.45) is 0 Å². The van der Waals surface area contributed by atoms with Gasteiger partial charge in [-0.05, 0) is 32.9 Å². The van der Waals surface area contributed by atoms with Crippen LogP contribution in [0.1, 0.15) is 36.9 Å². The van der Waals surface area contributed by atoms with Crippen LogP contribution >= 0.6 is 0 Å². The molecule has 8 heteroatoms. The molecule has 1 aliphatic carbocycles. The van der Waals surface area contributed by atoms with Crippen molar-refractivity contribution in [2.45, 2.75) is 37.8 Å². The Bertz CT molecular complexity index is 611. The summed E-state index contributed by atoms with van der Waals surface area (Å²) in [6.07, 6.45) is 4.67. The third-order valence-corrected chi connectivity index (χ3v) is 5.37. The summed E-state index contributed by atoms with van der Waals surface area (Å²) in [5, 5.41) is 4.06. The van der Waals surface area contributed by atoms with Gasteiger partial charge in [0, 0.05) is 31.3 Å². The second-order valence-corrected chi connectivity index (χ2v) is 8.87. The molecular formula is C14H24N4O3S. The Hall–Kier alpha value is -0.990. The van der Waals surface area contributed by atoms with E-state index in [1.54, 1.807) is 0 Å². The van der Waals surface area contributed by atoms with Gasteiger partial charge in [0.05, 0.1) is 12.3 Å². The fourth-order valence-corrected chi connectivity index (χ4v) is 3.44. The number of rotatable bonds is 7. The third kappa shape index (κ3) is 4.27. The maximum atomic E-state index is 11.2. The molecule has 1 saturated heterocycles. The number of nitrogens with zero attached hydrogens (tertiary/aromatic N) is 4. The Morgan fingerprint density at radius 2 is 2.14 bits per heavy atom. The largest absolute Gasteiger partial charge is 0.339 e. The minimum Gasteiger partial charge on any atom is -0.339 e. The predicted octanol–water partition coefficient (Wildman–Crippen LogP) is 0.498. The van der Waals surface area contributed by atoms with Gasteiger partial charge < -0.3 is 9.42 Å². The Morgan fingerprint density at radius 3 is 2.82 bits per heavy atom. The summed E-state index contributed by atoms with van der Waals surface area (Å²) in [7, 11) is -0.818. The zero-order valence-corrected chi connectivity index (χ0v) is 14.0. The normalized spacial score (nSPS) is 23.5. The molecule has 1 aromatic heterocycles. The molecule has 2 aliphatic rings. The molecule has 2 fully saturated rings. The molecule has 1 atom stereocenters. The van der Waals surface area contributed by atoms with Crippen LogP contribution in [-0.2, 0) is 16.4 Å². The van der Waals surface area contributed by atoms with Gasteiger partial charge in [-0.1, -0.05) is 5.16 Å². The highest BCUT2D eigenvalue weighted by Gasteiger charge is 2.31. The first kappa shape index (κ1) is 15.9. The van der Waals surface area contributed by atoms with Crippen molar-refractivity contribution in [1.82, 2.24) is 19.9 Å². The van der Waals surface area contributed by atoms with Crippen molar-refractivity contribution in [2.75, 3.05) is 38.7 Å². The van der Waals surface area contributed by atoms with Gasteiger partial charge in [-0.15, -0.1) is 0 Å². The molecule has 1 aromatic rings. The van der Waals surface area contributed by atoms with Crippen LogP contribution in [0.3, 0.4) is 0 Å². The molecular weight excluding hydrogens is 304 g/mol. The topological polar surface area (TPSA) is 79.5 Å². The second-order valence-electron chi connectivity index (χ2n) is 6.61. The Morgan fingerprint density at radius 1 is 1.36 bits per heavy atom. The number of likely N-dealkylation sites (N-methyl/N-ethyl adjacent to an activating group) is 1. The summed E-state index contributed by atoms with van der Waals surface area (Å²) in [6.45, 7) is 3.15. The minimum absolute atomic E-state index is 0.235. The molecule has 22 heavy (non-hydrogen) atoms. The minimum atomic E-state index is -2.89. The van der Waals surface area contributed by atoms with Gasteiger partial charge in [-0.3, -0.25) is 4.90 Å². The molecule has 7 nitrogen and oxygen atoms in total. The van der Waals surface area contributed by atoms with E-state index in [4.69, 9.17) is 4.52 Å². The first-order chi connectivity index (χ1) is 10.4. The summed E-state index contributed by atoms with van der Waals surface area (Å²) < 4.78 is 27.8. The van der Waals surface area contributed by atoms with Crippen LogP contribution in [0.2, 0.25) is 0 Å². The highest BCUT2D eigenvalue weighted by Crippen LogP contribution is 2.38. The fourth-order valence-electron chi connectivity index (χ4n) is 2.85. The van der Waals surface area contributed by atoms with Crippen molar-refractivity contribution in [3.8, 4) is 0 Å². The van der Waals surface area contributed by atoms with Crippen molar-refractivity contribution >= 4 is 9.84 Å². The molecule has 2 heterocycles. The van der Waals surface area contributed by atoms with Crippen molar-refractivity contribution in [3.05, 3.63) is 11.7 Å². The predicted molar refractivity (Wildman–Crippen MR) is 82.3 cm³/mol. The van der Waals surface area contributed by atoms with Gasteiger partial charge in [-0.2, -0.15) is 4.98 Å². The Kier molecular flexibility index (Phi) is 4.52. The van der Waals surface area contributed by atoms with Gasteiger partial charge in [0.2, 0.25) is 5.89 Å². The molecule has 3 rings (SSSR count). The zero-order chi connectivity index (χ0) is 15.7. The SMILES string of the molecule is CN(Cc1noc(C2CC2)n1)[C@H]1CCN(CCS(C)(=O)=O)C1. The average molecular weight is 328 g/mol. The first-order valence-electron chi connectivity index (χ1n) is 7.83. The summed E-state index contributed by atoms with van der Waals surface area (Å²) in [5.41, 5.74) is 0. The van der Waals surface area contributed by atoms with Crippen molar-refractivity contribution in [1.29, 1.82) is 0 Å². The van der Waals surface area contributed by atoms with Crippen LogP contribution in [0.5, 0.6) is 0 Å². The molecule has 0 bridgehead atoms. The smallest absolute Gasteiger partial charge is 0.229 e. The molecule has 0 N–H and O–H groups in total. The van der Waals surface area contributed by atoms with E-state index in [2.05, 4.69) is 27.0 Å². The number of aromatic nitrogens is 2. The van der Waals surface area contributed by atoms with Crippen LogP contribution in [-0.4, -0.2) is 73.1 Å². The maximum Gasteiger partial charge on any atom is 0.229 e. The summed E-state index contributed by atoms with van der Waals surface area (Å²) in [4.78, 5) is 8.91. The highest BCUT2D eigenvalue weighted by molar-refractivity contribution is 7.90. The van der Waals surface area contributed by atoms with Gasteiger partial charge in [0.25, 0.3) is 0 Å². The molecule has 1 saturated carbocycles. The lowest BCUT2D eigenvalue weighted by Gasteiger charge is -2.23. The quantitative estimate of drug-likeness (QED) is 0.721. The van der Waals surface area contributed by atoms with E-state index in [0.717, 1.165) is 44.1 Å². The second kappa shape index (κ2) is 6.25. The molecule has 0 unspecified atom stereocenters. The van der Waals surface area contributed by atoms with Gasteiger partial charge in [0.1, 0.15) is 9.84 Å². The van der Waals surface area contributed by atoms with Crippen molar-refractivity contribution in [3.63, 3.8) is 0 Å².